The first-order valence-corrected chi connectivity index (χ1v) is 8.94. The highest BCUT2D eigenvalue weighted by atomic mass is 32.1. The Morgan fingerprint density at radius 1 is 1.32 bits per heavy atom. The van der Waals surface area contributed by atoms with E-state index >= 15 is 0 Å². The van der Waals surface area contributed by atoms with Crippen LogP contribution in [0.2, 0.25) is 0 Å². The minimum absolute atomic E-state index is 0.719. The summed E-state index contributed by atoms with van der Waals surface area (Å²) in [4.78, 5) is 2.58. The van der Waals surface area contributed by atoms with Crippen LogP contribution in [0, 0.1) is 5.92 Å². The first-order valence-electron chi connectivity index (χ1n) is 8.53. The van der Waals surface area contributed by atoms with Crippen molar-refractivity contribution < 1.29 is 0 Å². The lowest BCUT2D eigenvalue weighted by atomic mass is 10.0. The first kappa shape index (κ1) is 17.2. The van der Waals surface area contributed by atoms with Crippen LogP contribution in [0.1, 0.15) is 38.7 Å². The van der Waals surface area contributed by atoms with Gasteiger partial charge in [0.05, 0.1) is 0 Å². The number of hydrogen-bond donors (Lipinski definition) is 2. The molecule has 1 fully saturated rings. The summed E-state index contributed by atoms with van der Waals surface area (Å²) in [6.07, 6.45) is 4.95. The Hall–Kier alpha value is -1.13. The highest BCUT2D eigenvalue weighted by Gasteiger charge is 2.15. The Morgan fingerprint density at radius 3 is 2.77 bits per heavy atom. The summed E-state index contributed by atoms with van der Waals surface area (Å²) in [6, 6.07) is 8.45. The molecule has 0 radical (unpaired) electrons. The third kappa shape index (κ3) is 5.93. The van der Waals surface area contributed by atoms with Gasteiger partial charge in [-0.2, -0.15) is 0 Å². The topological polar surface area (TPSA) is 27.3 Å². The van der Waals surface area contributed by atoms with Crippen LogP contribution in [0.4, 0.5) is 5.69 Å². The number of anilines is 1. The maximum absolute atomic E-state index is 5.35. The first-order chi connectivity index (χ1) is 10.7. The van der Waals surface area contributed by atoms with Crippen molar-refractivity contribution in [3.05, 3.63) is 29.8 Å². The third-order valence-electron chi connectivity index (χ3n) is 4.30. The van der Waals surface area contributed by atoms with Gasteiger partial charge >= 0.3 is 0 Å². The molecule has 1 aliphatic rings. The van der Waals surface area contributed by atoms with Gasteiger partial charge in [0.2, 0.25) is 0 Å². The molecule has 0 unspecified atom stereocenters. The van der Waals surface area contributed by atoms with Crippen molar-refractivity contribution in [3.8, 4) is 0 Å². The van der Waals surface area contributed by atoms with E-state index in [0.717, 1.165) is 36.1 Å². The summed E-state index contributed by atoms with van der Waals surface area (Å²) >= 11 is 5.35. The van der Waals surface area contributed by atoms with Crippen LogP contribution in [0.5, 0.6) is 0 Å². The van der Waals surface area contributed by atoms with E-state index in [1.807, 2.05) is 0 Å². The molecule has 0 saturated carbocycles. The number of piperidine rings is 1. The largest absolute Gasteiger partial charge is 0.362 e. The average molecular weight is 320 g/mol. The fraction of sp³-hybridized carbons (Fsp3) is 0.611. The van der Waals surface area contributed by atoms with Crippen LogP contribution < -0.4 is 10.6 Å². The lowest BCUT2D eigenvalue weighted by molar-refractivity contribution is 0.182. The molecule has 2 N–H and O–H groups in total. The molecule has 1 aromatic rings. The Bertz CT molecular complexity index is 458. The van der Waals surface area contributed by atoms with Crippen molar-refractivity contribution in [2.24, 2.45) is 5.92 Å². The van der Waals surface area contributed by atoms with Crippen LogP contribution in [-0.2, 0) is 6.42 Å². The highest BCUT2D eigenvalue weighted by Crippen LogP contribution is 2.15. The molecule has 1 aliphatic heterocycles. The Labute approximate surface area is 140 Å². The molecule has 2 rings (SSSR count). The fourth-order valence-electron chi connectivity index (χ4n) is 2.99. The van der Waals surface area contributed by atoms with Gasteiger partial charge in [-0.25, -0.2) is 0 Å². The number of nitrogens with zero attached hydrogens (tertiary/aromatic N) is 1. The van der Waals surface area contributed by atoms with Crippen molar-refractivity contribution >= 4 is 23.0 Å². The number of thiocarbonyl (C=S) groups is 1. The van der Waals surface area contributed by atoms with Gasteiger partial charge < -0.3 is 15.5 Å². The summed E-state index contributed by atoms with van der Waals surface area (Å²) in [5, 5.41) is 7.27. The zero-order valence-corrected chi connectivity index (χ0v) is 14.7. The van der Waals surface area contributed by atoms with Gasteiger partial charge in [0, 0.05) is 18.8 Å². The maximum atomic E-state index is 5.35. The van der Waals surface area contributed by atoms with Crippen LogP contribution in [-0.4, -0.2) is 36.2 Å². The molecule has 0 bridgehead atoms. The van der Waals surface area contributed by atoms with Crippen LogP contribution in [0.15, 0.2) is 24.3 Å². The lowest BCUT2D eigenvalue weighted by Gasteiger charge is -2.30. The zero-order chi connectivity index (χ0) is 15.8. The van der Waals surface area contributed by atoms with Crippen LogP contribution in [0.25, 0.3) is 0 Å². The third-order valence-corrected chi connectivity index (χ3v) is 4.54. The van der Waals surface area contributed by atoms with Gasteiger partial charge in [0.1, 0.15) is 0 Å². The molecule has 1 atom stereocenters. The van der Waals surface area contributed by atoms with Gasteiger partial charge in [-0.05, 0) is 74.6 Å². The molecule has 1 saturated heterocycles. The van der Waals surface area contributed by atoms with Crippen LogP contribution in [0.3, 0.4) is 0 Å². The van der Waals surface area contributed by atoms with Gasteiger partial charge in [0.15, 0.2) is 5.11 Å². The Morgan fingerprint density at radius 2 is 2.09 bits per heavy atom. The molecule has 122 valence electrons. The minimum Gasteiger partial charge on any atom is -0.362 e. The second kappa shape index (κ2) is 9.11. The molecule has 3 nitrogen and oxygen atoms in total. The highest BCUT2D eigenvalue weighted by molar-refractivity contribution is 7.80. The average Bonchev–Trinajstić information content (AvgIpc) is 2.52. The van der Waals surface area contributed by atoms with E-state index in [9.17, 15) is 0 Å². The SMILES string of the molecule is CCc1ccc(NC(=S)NCCCN2CCC[C@H](C)C2)cc1. The maximum Gasteiger partial charge on any atom is 0.170 e. The predicted octanol–water partition coefficient (Wildman–Crippen LogP) is 3.66. The van der Waals surface area contributed by atoms with Crippen molar-refractivity contribution in [2.75, 3.05) is 31.5 Å². The minimum atomic E-state index is 0.719. The molecule has 1 heterocycles. The van der Waals surface area contributed by atoms with E-state index < -0.39 is 0 Å². The summed E-state index contributed by atoms with van der Waals surface area (Å²) < 4.78 is 0. The van der Waals surface area contributed by atoms with Crippen LogP contribution >= 0.6 is 12.2 Å². The molecule has 0 amide bonds. The standard InChI is InChI=1S/C18H29N3S/c1-3-16-7-9-17(10-8-16)20-18(22)19-11-5-13-21-12-4-6-15(2)14-21/h7-10,15H,3-6,11-14H2,1-2H3,(H2,19,20,22)/t15-/m0/s1. The van der Waals surface area contributed by atoms with Crippen molar-refractivity contribution in [1.82, 2.24) is 10.2 Å². The molecule has 0 aliphatic carbocycles. The molecule has 0 aromatic heterocycles. The quantitative estimate of drug-likeness (QED) is 0.618. The monoisotopic (exact) mass is 319 g/mol. The van der Waals surface area contributed by atoms with E-state index in [4.69, 9.17) is 12.2 Å². The summed E-state index contributed by atoms with van der Waals surface area (Å²) in [7, 11) is 0. The van der Waals surface area contributed by atoms with E-state index in [2.05, 4.69) is 53.6 Å². The molecular weight excluding hydrogens is 290 g/mol. The molecule has 1 aromatic carbocycles. The molecule has 0 spiro atoms. The summed E-state index contributed by atoms with van der Waals surface area (Å²) in [6.45, 7) is 9.14. The zero-order valence-electron chi connectivity index (χ0n) is 13.9. The molecular formula is C18H29N3S. The number of rotatable bonds is 6. The number of aryl methyl sites for hydroxylation is 1. The number of benzene rings is 1. The van der Waals surface area contributed by atoms with Crippen molar-refractivity contribution in [2.45, 2.75) is 39.5 Å². The van der Waals surface area contributed by atoms with E-state index in [1.165, 1.54) is 38.0 Å². The van der Waals surface area contributed by atoms with Gasteiger partial charge in [0.25, 0.3) is 0 Å². The van der Waals surface area contributed by atoms with Crippen molar-refractivity contribution in [1.29, 1.82) is 0 Å². The van der Waals surface area contributed by atoms with Gasteiger partial charge in [-0.3, -0.25) is 0 Å². The second-order valence-corrected chi connectivity index (χ2v) is 6.74. The smallest absolute Gasteiger partial charge is 0.170 e. The normalized spacial score (nSPS) is 18.9. The fourth-order valence-corrected chi connectivity index (χ4v) is 3.21. The van der Waals surface area contributed by atoms with E-state index in [-0.39, 0.29) is 0 Å². The second-order valence-electron chi connectivity index (χ2n) is 6.33. The number of likely N-dealkylation sites (tertiary alicyclic amines) is 1. The molecule has 4 heteroatoms. The predicted molar refractivity (Wildman–Crippen MR) is 99.5 cm³/mol. The van der Waals surface area contributed by atoms with Gasteiger partial charge in [-0.1, -0.05) is 26.0 Å². The summed E-state index contributed by atoms with van der Waals surface area (Å²) in [5.74, 6) is 0.857. The lowest BCUT2D eigenvalue weighted by Crippen LogP contribution is -2.37. The number of hydrogen-bond acceptors (Lipinski definition) is 2. The van der Waals surface area contributed by atoms with Crippen molar-refractivity contribution in [3.63, 3.8) is 0 Å². The molecule has 22 heavy (non-hydrogen) atoms. The number of nitrogens with one attached hydrogen (secondary N) is 2. The van der Waals surface area contributed by atoms with E-state index in [1.54, 1.807) is 0 Å². The van der Waals surface area contributed by atoms with Gasteiger partial charge in [-0.15, -0.1) is 0 Å². The summed E-state index contributed by atoms with van der Waals surface area (Å²) in [5.41, 5.74) is 2.40. The Kier molecular flexibility index (Phi) is 7.13. The van der Waals surface area contributed by atoms with E-state index in [0.29, 0.717) is 0 Å². The Balaban J connectivity index is 1.61.